The van der Waals surface area contributed by atoms with Crippen molar-refractivity contribution in [3.8, 4) is 6.01 Å². The number of carbonyl (C=O) groups excluding carboxylic acids is 2. The molecule has 1 aromatic heterocycles. The van der Waals surface area contributed by atoms with Gasteiger partial charge in [0.15, 0.2) is 0 Å². The van der Waals surface area contributed by atoms with Gasteiger partial charge in [0.25, 0.3) is 10.0 Å². The fourth-order valence-corrected chi connectivity index (χ4v) is 3.19. The van der Waals surface area contributed by atoms with Crippen molar-refractivity contribution >= 4 is 51.6 Å². The number of amides is 1. The van der Waals surface area contributed by atoms with Crippen molar-refractivity contribution in [3.63, 3.8) is 0 Å². The summed E-state index contributed by atoms with van der Waals surface area (Å²) in [5, 5.41) is 3.68. The van der Waals surface area contributed by atoms with Gasteiger partial charge in [0, 0.05) is 7.05 Å². The van der Waals surface area contributed by atoms with Gasteiger partial charge in [0.1, 0.15) is 4.90 Å². The van der Waals surface area contributed by atoms with E-state index in [1.54, 1.807) is 4.72 Å². The van der Waals surface area contributed by atoms with Crippen molar-refractivity contribution in [1.29, 1.82) is 0 Å². The maximum atomic E-state index is 12.5. The molecule has 0 spiro atoms. The maximum absolute atomic E-state index is 12.5. The van der Waals surface area contributed by atoms with Crippen molar-refractivity contribution in [2.75, 3.05) is 13.7 Å². The molecular weight excluding hydrogens is 403 g/mol. The summed E-state index contributed by atoms with van der Waals surface area (Å²) < 4.78 is 37.8. The first-order valence-electron chi connectivity index (χ1n) is 7.76. The van der Waals surface area contributed by atoms with Gasteiger partial charge < -0.3 is 9.47 Å². The zero-order valence-electron chi connectivity index (χ0n) is 14.8. The Hall–Kier alpha value is -2.15. The van der Waals surface area contributed by atoms with Crippen LogP contribution in [0.3, 0.4) is 0 Å². The third kappa shape index (κ3) is 5.01. The summed E-state index contributed by atoms with van der Waals surface area (Å²) in [6.45, 7) is 2.10. The van der Waals surface area contributed by atoms with E-state index >= 15 is 0 Å². The SMILES string of the molecule is CCCOc1nn(C(=O)NS(=O)(=O)c2ccccc2C(=O)OC)c(=O)n1C.[NaH]. The fraction of sp³-hybridized carbons (Fsp3) is 0.333. The van der Waals surface area contributed by atoms with Crippen LogP contribution in [0.15, 0.2) is 34.0 Å². The Balaban J connectivity index is 0.00000392. The average molecular weight is 422 g/mol. The van der Waals surface area contributed by atoms with Crippen molar-refractivity contribution in [1.82, 2.24) is 19.1 Å². The van der Waals surface area contributed by atoms with Crippen LogP contribution in [0.1, 0.15) is 23.7 Å². The van der Waals surface area contributed by atoms with E-state index in [0.717, 1.165) is 17.7 Å². The number of hydrogen-bond acceptors (Lipinski definition) is 8. The number of ether oxygens (including phenoxy) is 2. The van der Waals surface area contributed by atoms with E-state index in [4.69, 9.17) is 4.74 Å². The van der Waals surface area contributed by atoms with Gasteiger partial charge in [-0.2, -0.15) is 0 Å². The van der Waals surface area contributed by atoms with Crippen LogP contribution in [-0.4, -0.2) is 78.0 Å². The number of methoxy groups -OCH3 is 1. The zero-order chi connectivity index (χ0) is 20.2. The number of nitrogens with one attached hydrogen (secondary N) is 1. The summed E-state index contributed by atoms with van der Waals surface area (Å²) in [6.07, 6.45) is 0.645. The van der Waals surface area contributed by atoms with Gasteiger partial charge in [0.05, 0.1) is 19.3 Å². The van der Waals surface area contributed by atoms with Crippen molar-refractivity contribution in [3.05, 3.63) is 40.3 Å². The molecule has 1 aromatic carbocycles. The van der Waals surface area contributed by atoms with Crippen LogP contribution in [0.4, 0.5) is 4.79 Å². The number of aromatic nitrogens is 3. The molecule has 0 fully saturated rings. The third-order valence-electron chi connectivity index (χ3n) is 3.37. The molecule has 1 heterocycles. The number of benzene rings is 1. The molecule has 0 saturated heterocycles. The first-order valence-corrected chi connectivity index (χ1v) is 9.24. The molecule has 1 amide bonds. The number of hydrogen-bond donors (Lipinski definition) is 1. The second-order valence-electron chi connectivity index (χ2n) is 5.28. The van der Waals surface area contributed by atoms with E-state index in [0.29, 0.717) is 11.1 Å². The minimum atomic E-state index is -4.48. The molecule has 28 heavy (non-hydrogen) atoms. The van der Waals surface area contributed by atoms with Gasteiger partial charge in [-0.1, -0.05) is 19.1 Å². The molecule has 0 aliphatic rings. The monoisotopic (exact) mass is 422 g/mol. The van der Waals surface area contributed by atoms with Crippen LogP contribution >= 0.6 is 0 Å². The molecule has 0 bridgehead atoms. The van der Waals surface area contributed by atoms with Gasteiger partial charge in [-0.05, 0) is 18.6 Å². The van der Waals surface area contributed by atoms with Gasteiger partial charge >= 0.3 is 53.3 Å². The average Bonchev–Trinajstić information content (AvgIpc) is 2.93. The molecule has 2 aromatic rings. The normalized spacial score (nSPS) is 10.7. The Kier molecular flexibility index (Phi) is 8.42. The van der Waals surface area contributed by atoms with Gasteiger partial charge in [-0.15, -0.1) is 9.78 Å². The van der Waals surface area contributed by atoms with Gasteiger partial charge in [0.2, 0.25) is 0 Å². The number of sulfonamides is 1. The Morgan fingerprint density at radius 3 is 2.50 bits per heavy atom. The molecule has 2 rings (SSSR count). The van der Waals surface area contributed by atoms with Gasteiger partial charge in [-0.25, -0.2) is 32.1 Å². The zero-order valence-corrected chi connectivity index (χ0v) is 15.6. The van der Waals surface area contributed by atoms with E-state index in [1.165, 1.54) is 25.2 Å². The van der Waals surface area contributed by atoms with E-state index < -0.39 is 32.6 Å². The van der Waals surface area contributed by atoms with Crippen molar-refractivity contribution < 1.29 is 27.5 Å². The molecule has 0 aliphatic heterocycles. The Morgan fingerprint density at radius 2 is 1.89 bits per heavy atom. The summed E-state index contributed by atoms with van der Waals surface area (Å²) in [4.78, 5) is 35.6. The molecule has 13 heteroatoms. The molecule has 0 radical (unpaired) electrons. The van der Waals surface area contributed by atoms with Crippen LogP contribution in [0, 0.1) is 0 Å². The van der Waals surface area contributed by atoms with Gasteiger partial charge in [-0.3, -0.25) is 0 Å². The molecule has 0 unspecified atom stereocenters. The second-order valence-corrected chi connectivity index (χ2v) is 6.93. The summed E-state index contributed by atoms with van der Waals surface area (Å²) in [7, 11) is -2.06. The van der Waals surface area contributed by atoms with Crippen LogP contribution < -0.4 is 15.1 Å². The molecular formula is C15H19N4NaO7S. The molecule has 11 nitrogen and oxygen atoms in total. The number of rotatable bonds is 6. The molecule has 148 valence electrons. The molecule has 1 N–H and O–H groups in total. The van der Waals surface area contributed by atoms with Crippen molar-refractivity contribution in [2.45, 2.75) is 18.2 Å². The predicted octanol–water partition coefficient (Wildman–Crippen LogP) is -0.545. The summed E-state index contributed by atoms with van der Waals surface area (Å²) in [5.41, 5.74) is -1.16. The Bertz CT molecular complexity index is 1030. The summed E-state index contributed by atoms with van der Waals surface area (Å²) in [5.74, 6) is -0.895. The van der Waals surface area contributed by atoms with Crippen LogP contribution in [0.5, 0.6) is 6.01 Å². The van der Waals surface area contributed by atoms with E-state index in [2.05, 4.69) is 9.84 Å². The third-order valence-corrected chi connectivity index (χ3v) is 4.75. The van der Waals surface area contributed by atoms with E-state index in [-0.39, 0.29) is 47.7 Å². The topological polar surface area (TPSA) is 139 Å². The van der Waals surface area contributed by atoms with E-state index in [9.17, 15) is 22.8 Å². The number of nitrogens with zero attached hydrogens (tertiary/aromatic N) is 3. The second kappa shape index (κ2) is 9.87. The number of carbonyl (C=O) groups is 2. The standard InChI is InChI=1S/C15H18N4O7S.Na.H/c1-4-9-26-14-16-19(15(22)18(14)2)13(21)17-27(23,24)11-8-6-5-7-10(11)12(20)25-3;;/h5-8H,4,9H2,1-3H3,(H,17,21);;. The Morgan fingerprint density at radius 1 is 1.25 bits per heavy atom. The van der Waals surface area contributed by atoms with Crippen LogP contribution in [0.25, 0.3) is 0 Å². The first-order chi connectivity index (χ1) is 12.7. The van der Waals surface area contributed by atoms with Crippen LogP contribution in [0.2, 0.25) is 0 Å². The number of esters is 1. The first kappa shape index (κ1) is 23.9. The molecule has 0 aliphatic carbocycles. The molecule has 0 saturated carbocycles. The summed E-state index contributed by atoms with van der Waals surface area (Å²) >= 11 is 0. The fourth-order valence-electron chi connectivity index (χ4n) is 2.06. The van der Waals surface area contributed by atoms with Crippen LogP contribution in [-0.2, 0) is 21.8 Å². The summed E-state index contributed by atoms with van der Waals surface area (Å²) in [6, 6.07) is 3.71. The Labute approximate surface area is 183 Å². The van der Waals surface area contributed by atoms with Crippen molar-refractivity contribution in [2.24, 2.45) is 7.05 Å². The predicted molar refractivity (Wildman–Crippen MR) is 99.3 cm³/mol. The minimum absolute atomic E-state index is 0. The van der Waals surface area contributed by atoms with E-state index in [1.807, 2.05) is 6.92 Å². The quantitative estimate of drug-likeness (QED) is 0.484. The molecule has 0 atom stereocenters.